The van der Waals surface area contributed by atoms with Gasteiger partial charge in [0.05, 0.1) is 17.8 Å². The lowest BCUT2D eigenvalue weighted by Gasteiger charge is -2.16. The number of carbonyl (C=O) groups is 1. The maximum Gasteiger partial charge on any atom is 0.265 e. The highest BCUT2D eigenvalue weighted by atomic mass is 35.5. The second-order valence-electron chi connectivity index (χ2n) is 4.38. The van der Waals surface area contributed by atoms with Crippen LogP contribution in [0.5, 0.6) is 11.5 Å². The Labute approximate surface area is 128 Å². The van der Waals surface area contributed by atoms with Gasteiger partial charge in [-0.15, -0.1) is 0 Å². The number of nitrogens with one attached hydrogen (secondary N) is 1. The van der Waals surface area contributed by atoms with E-state index in [1.807, 2.05) is 12.1 Å². The Hall–Kier alpha value is -2.20. The van der Waals surface area contributed by atoms with Crippen molar-refractivity contribution in [2.45, 2.75) is 13.0 Å². The molecule has 0 aliphatic heterocycles. The maximum absolute atomic E-state index is 12.2. The number of anilines is 1. The van der Waals surface area contributed by atoms with Crippen LogP contribution >= 0.6 is 11.6 Å². The molecule has 1 amide bonds. The molecule has 2 aromatic rings. The molecule has 21 heavy (non-hydrogen) atoms. The number of methoxy groups -OCH3 is 1. The average molecular weight is 306 g/mol. The molecule has 1 atom stereocenters. The van der Waals surface area contributed by atoms with Gasteiger partial charge in [-0.05, 0) is 31.2 Å². The molecule has 0 aliphatic carbocycles. The zero-order valence-corrected chi connectivity index (χ0v) is 12.6. The highest BCUT2D eigenvalue weighted by Gasteiger charge is 2.17. The molecule has 0 saturated carbocycles. The van der Waals surface area contributed by atoms with E-state index < -0.39 is 6.10 Å². The van der Waals surface area contributed by atoms with Crippen molar-refractivity contribution < 1.29 is 14.3 Å². The number of hydrogen-bond donors (Lipinski definition) is 1. The predicted molar refractivity (Wildman–Crippen MR) is 83.2 cm³/mol. The van der Waals surface area contributed by atoms with Crippen LogP contribution in [0.25, 0.3) is 0 Å². The first kappa shape index (κ1) is 15.2. The summed E-state index contributed by atoms with van der Waals surface area (Å²) in [5, 5.41) is 3.24. The fourth-order valence-corrected chi connectivity index (χ4v) is 1.95. The van der Waals surface area contributed by atoms with Gasteiger partial charge >= 0.3 is 0 Å². The molecule has 0 fully saturated rings. The molecule has 0 spiro atoms. The maximum atomic E-state index is 12.2. The highest BCUT2D eigenvalue weighted by Crippen LogP contribution is 2.26. The van der Waals surface area contributed by atoms with E-state index in [1.165, 1.54) is 0 Å². The van der Waals surface area contributed by atoms with Crippen LogP contribution in [0.4, 0.5) is 5.69 Å². The van der Waals surface area contributed by atoms with Crippen LogP contribution in [-0.2, 0) is 4.79 Å². The molecule has 0 radical (unpaired) electrons. The summed E-state index contributed by atoms with van der Waals surface area (Å²) < 4.78 is 10.8. The van der Waals surface area contributed by atoms with Gasteiger partial charge in [-0.25, -0.2) is 0 Å². The van der Waals surface area contributed by atoms with Crippen molar-refractivity contribution in [2.24, 2.45) is 0 Å². The van der Waals surface area contributed by atoms with Gasteiger partial charge < -0.3 is 14.8 Å². The first-order chi connectivity index (χ1) is 10.1. The Morgan fingerprint density at radius 3 is 2.38 bits per heavy atom. The standard InChI is InChI=1S/C16H16ClNO3/c1-11(21-14-9-5-3-7-12(14)17)16(19)18-13-8-4-6-10-15(13)20-2/h3-11H,1-2H3,(H,18,19). The second kappa shape index (κ2) is 6.99. The van der Waals surface area contributed by atoms with Crippen molar-refractivity contribution in [1.82, 2.24) is 0 Å². The summed E-state index contributed by atoms with van der Waals surface area (Å²) in [6.07, 6.45) is -0.685. The molecule has 2 rings (SSSR count). The van der Waals surface area contributed by atoms with Crippen LogP contribution in [0.15, 0.2) is 48.5 Å². The number of para-hydroxylation sites is 3. The van der Waals surface area contributed by atoms with E-state index in [-0.39, 0.29) is 5.91 Å². The van der Waals surface area contributed by atoms with E-state index in [2.05, 4.69) is 5.32 Å². The molecule has 1 unspecified atom stereocenters. The van der Waals surface area contributed by atoms with Gasteiger partial charge in [0.2, 0.25) is 0 Å². The zero-order valence-electron chi connectivity index (χ0n) is 11.8. The third-order valence-corrected chi connectivity index (χ3v) is 3.19. The quantitative estimate of drug-likeness (QED) is 0.915. The van der Waals surface area contributed by atoms with E-state index in [0.29, 0.717) is 22.2 Å². The van der Waals surface area contributed by atoms with Crippen molar-refractivity contribution in [1.29, 1.82) is 0 Å². The lowest BCUT2D eigenvalue weighted by Crippen LogP contribution is -2.30. The summed E-state index contributed by atoms with van der Waals surface area (Å²) >= 11 is 6.00. The van der Waals surface area contributed by atoms with Gasteiger partial charge in [0.15, 0.2) is 6.10 Å². The predicted octanol–water partition coefficient (Wildman–Crippen LogP) is 3.75. The van der Waals surface area contributed by atoms with Gasteiger partial charge in [0, 0.05) is 0 Å². The average Bonchev–Trinajstić information content (AvgIpc) is 2.50. The molecule has 1 N–H and O–H groups in total. The van der Waals surface area contributed by atoms with Crippen molar-refractivity contribution in [3.63, 3.8) is 0 Å². The number of benzene rings is 2. The number of rotatable bonds is 5. The molecular weight excluding hydrogens is 290 g/mol. The van der Waals surface area contributed by atoms with Gasteiger partial charge in [0.1, 0.15) is 11.5 Å². The SMILES string of the molecule is COc1ccccc1NC(=O)C(C)Oc1ccccc1Cl. The molecule has 4 nitrogen and oxygen atoms in total. The molecule has 0 heterocycles. The minimum Gasteiger partial charge on any atom is -0.495 e. The number of halogens is 1. The summed E-state index contributed by atoms with van der Waals surface area (Å²) in [6, 6.07) is 14.2. The fraction of sp³-hybridized carbons (Fsp3) is 0.188. The first-order valence-electron chi connectivity index (χ1n) is 6.47. The Bertz CT molecular complexity index is 630. The van der Waals surface area contributed by atoms with Crippen LogP contribution in [-0.4, -0.2) is 19.1 Å². The fourth-order valence-electron chi connectivity index (χ4n) is 1.77. The van der Waals surface area contributed by atoms with E-state index >= 15 is 0 Å². The summed E-state index contributed by atoms with van der Waals surface area (Å²) in [6.45, 7) is 1.66. The normalized spacial score (nSPS) is 11.6. The van der Waals surface area contributed by atoms with Gasteiger partial charge in [-0.1, -0.05) is 35.9 Å². The summed E-state index contributed by atoms with van der Waals surface area (Å²) in [5.74, 6) is 0.789. The minimum absolute atomic E-state index is 0.278. The van der Waals surface area contributed by atoms with Crippen molar-refractivity contribution in [2.75, 3.05) is 12.4 Å². The lowest BCUT2D eigenvalue weighted by atomic mass is 10.2. The Morgan fingerprint density at radius 1 is 1.10 bits per heavy atom. The molecular formula is C16H16ClNO3. The Balaban J connectivity index is 2.05. The van der Waals surface area contributed by atoms with Crippen molar-refractivity contribution >= 4 is 23.2 Å². The van der Waals surface area contributed by atoms with Crippen LogP contribution in [0.1, 0.15) is 6.92 Å². The van der Waals surface area contributed by atoms with E-state index in [1.54, 1.807) is 50.4 Å². The molecule has 5 heteroatoms. The third kappa shape index (κ3) is 3.89. The molecule has 0 aromatic heterocycles. The number of ether oxygens (including phenoxy) is 2. The van der Waals surface area contributed by atoms with Crippen molar-refractivity contribution in [3.05, 3.63) is 53.6 Å². The minimum atomic E-state index is -0.685. The smallest absolute Gasteiger partial charge is 0.265 e. The van der Waals surface area contributed by atoms with Gasteiger partial charge in [-0.3, -0.25) is 4.79 Å². The van der Waals surface area contributed by atoms with Gasteiger partial charge in [-0.2, -0.15) is 0 Å². The lowest BCUT2D eigenvalue weighted by molar-refractivity contribution is -0.122. The summed E-state index contributed by atoms with van der Waals surface area (Å²) in [7, 11) is 1.55. The van der Waals surface area contributed by atoms with Crippen LogP contribution in [0.2, 0.25) is 5.02 Å². The number of hydrogen-bond acceptors (Lipinski definition) is 3. The molecule has 0 bridgehead atoms. The largest absolute Gasteiger partial charge is 0.495 e. The Morgan fingerprint density at radius 2 is 1.71 bits per heavy atom. The van der Waals surface area contributed by atoms with Crippen LogP contribution < -0.4 is 14.8 Å². The zero-order chi connectivity index (χ0) is 15.2. The van der Waals surface area contributed by atoms with E-state index in [9.17, 15) is 4.79 Å². The third-order valence-electron chi connectivity index (χ3n) is 2.87. The summed E-state index contributed by atoms with van der Waals surface area (Å²) in [5.41, 5.74) is 0.597. The van der Waals surface area contributed by atoms with E-state index in [4.69, 9.17) is 21.1 Å². The molecule has 0 aliphatic rings. The summed E-state index contributed by atoms with van der Waals surface area (Å²) in [4.78, 5) is 12.2. The second-order valence-corrected chi connectivity index (χ2v) is 4.79. The Kier molecular flexibility index (Phi) is 5.06. The number of carbonyl (C=O) groups excluding carboxylic acids is 1. The van der Waals surface area contributed by atoms with Crippen LogP contribution in [0.3, 0.4) is 0 Å². The molecule has 110 valence electrons. The topological polar surface area (TPSA) is 47.6 Å². The first-order valence-corrected chi connectivity index (χ1v) is 6.84. The van der Waals surface area contributed by atoms with E-state index in [0.717, 1.165) is 0 Å². The van der Waals surface area contributed by atoms with Gasteiger partial charge in [0.25, 0.3) is 5.91 Å². The van der Waals surface area contributed by atoms with Crippen molar-refractivity contribution in [3.8, 4) is 11.5 Å². The molecule has 0 saturated heterocycles. The highest BCUT2D eigenvalue weighted by molar-refractivity contribution is 6.32. The number of amides is 1. The van der Waals surface area contributed by atoms with Crippen LogP contribution in [0, 0.1) is 0 Å². The monoisotopic (exact) mass is 305 g/mol. The molecule has 2 aromatic carbocycles.